The van der Waals surface area contributed by atoms with Crippen molar-refractivity contribution in [2.75, 3.05) is 17.2 Å². The topological polar surface area (TPSA) is 75.6 Å². The Hall–Kier alpha value is -2.24. The summed E-state index contributed by atoms with van der Waals surface area (Å²) in [7, 11) is 0. The van der Waals surface area contributed by atoms with E-state index in [0.29, 0.717) is 24.2 Å². The van der Waals surface area contributed by atoms with Crippen LogP contribution in [0.4, 0.5) is 11.8 Å². The van der Waals surface area contributed by atoms with Crippen molar-refractivity contribution in [1.29, 1.82) is 0 Å². The standard InChI is InChI=1S/C14H20N6/c1-11(2)6-8-16-14-19-13(10-18-20-14)17-9-12-5-3-4-7-15-12/h3-5,7,10-11H,6,8-9H2,1-2H3,(H2,16,17,19,20). The van der Waals surface area contributed by atoms with Crippen molar-refractivity contribution in [3.63, 3.8) is 0 Å². The van der Waals surface area contributed by atoms with Crippen molar-refractivity contribution in [3.8, 4) is 0 Å². The van der Waals surface area contributed by atoms with Crippen molar-refractivity contribution in [3.05, 3.63) is 36.3 Å². The molecule has 0 aromatic carbocycles. The zero-order chi connectivity index (χ0) is 14.2. The highest BCUT2D eigenvalue weighted by Gasteiger charge is 2.01. The molecule has 0 aliphatic rings. The molecule has 0 aliphatic heterocycles. The maximum Gasteiger partial charge on any atom is 0.244 e. The van der Waals surface area contributed by atoms with Gasteiger partial charge in [-0.25, -0.2) is 0 Å². The van der Waals surface area contributed by atoms with E-state index >= 15 is 0 Å². The lowest BCUT2D eigenvalue weighted by Gasteiger charge is -2.08. The van der Waals surface area contributed by atoms with Gasteiger partial charge in [0, 0.05) is 12.7 Å². The Morgan fingerprint density at radius 1 is 1.20 bits per heavy atom. The van der Waals surface area contributed by atoms with Gasteiger partial charge in [-0.2, -0.15) is 10.1 Å². The Bertz CT molecular complexity index is 514. The van der Waals surface area contributed by atoms with E-state index in [1.54, 1.807) is 12.4 Å². The normalized spacial score (nSPS) is 10.6. The molecule has 0 atom stereocenters. The molecular weight excluding hydrogens is 252 g/mol. The van der Waals surface area contributed by atoms with Crippen LogP contribution in [0.1, 0.15) is 26.0 Å². The molecule has 0 spiro atoms. The van der Waals surface area contributed by atoms with Crippen molar-refractivity contribution in [2.24, 2.45) is 5.92 Å². The lowest BCUT2D eigenvalue weighted by molar-refractivity contribution is 0.605. The van der Waals surface area contributed by atoms with Crippen LogP contribution < -0.4 is 10.6 Å². The van der Waals surface area contributed by atoms with Gasteiger partial charge in [-0.15, -0.1) is 5.10 Å². The van der Waals surface area contributed by atoms with E-state index in [2.05, 4.69) is 44.6 Å². The second-order valence-corrected chi connectivity index (χ2v) is 4.95. The number of pyridine rings is 1. The maximum atomic E-state index is 4.36. The molecule has 6 nitrogen and oxygen atoms in total. The summed E-state index contributed by atoms with van der Waals surface area (Å²) in [6.45, 7) is 5.84. The SMILES string of the molecule is CC(C)CCNc1nncc(NCc2ccccn2)n1. The second kappa shape index (κ2) is 7.37. The van der Waals surface area contributed by atoms with Crippen LogP contribution >= 0.6 is 0 Å². The molecule has 0 saturated heterocycles. The number of aromatic nitrogens is 4. The molecular formula is C14H20N6. The third-order valence-electron chi connectivity index (χ3n) is 2.74. The summed E-state index contributed by atoms with van der Waals surface area (Å²) < 4.78 is 0. The van der Waals surface area contributed by atoms with Gasteiger partial charge in [0.05, 0.1) is 18.4 Å². The van der Waals surface area contributed by atoms with Gasteiger partial charge in [-0.1, -0.05) is 19.9 Å². The molecule has 6 heteroatoms. The van der Waals surface area contributed by atoms with Crippen LogP contribution in [0.25, 0.3) is 0 Å². The second-order valence-electron chi connectivity index (χ2n) is 4.95. The Balaban J connectivity index is 1.86. The summed E-state index contributed by atoms with van der Waals surface area (Å²) in [6.07, 6.45) is 4.46. The highest BCUT2D eigenvalue weighted by atomic mass is 15.3. The lowest BCUT2D eigenvalue weighted by Crippen LogP contribution is -2.10. The van der Waals surface area contributed by atoms with Gasteiger partial charge in [0.1, 0.15) is 0 Å². The summed E-state index contributed by atoms with van der Waals surface area (Å²) in [4.78, 5) is 8.60. The van der Waals surface area contributed by atoms with Gasteiger partial charge >= 0.3 is 0 Å². The van der Waals surface area contributed by atoms with Crippen molar-refractivity contribution in [2.45, 2.75) is 26.8 Å². The summed E-state index contributed by atoms with van der Waals surface area (Å²) >= 11 is 0. The smallest absolute Gasteiger partial charge is 0.244 e. The monoisotopic (exact) mass is 272 g/mol. The maximum absolute atomic E-state index is 4.36. The summed E-state index contributed by atoms with van der Waals surface area (Å²) in [6, 6.07) is 5.82. The molecule has 0 radical (unpaired) electrons. The van der Waals surface area contributed by atoms with E-state index in [1.807, 2.05) is 18.2 Å². The van der Waals surface area contributed by atoms with Gasteiger partial charge in [-0.05, 0) is 24.5 Å². The average molecular weight is 272 g/mol. The van der Waals surface area contributed by atoms with Crippen LogP contribution in [0.15, 0.2) is 30.6 Å². The molecule has 2 aromatic rings. The number of hydrogen-bond acceptors (Lipinski definition) is 6. The number of anilines is 2. The molecule has 0 aliphatic carbocycles. The Kier molecular flexibility index (Phi) is 5.23. The molecule has 2 heterocycles. The third kappa shape index (κ3) is 4.79. The third-order valence-corrected chi connectivity index (χ3v) is 2.74. The Morgan fingerprint density at radius 3 is 2.85 bits per heavy atom. The van der Waals surface area contributed by atoms with Crippen LogP contribution in [-0.4, -0.2) is 26.7 Å². The van der Waals surface area contributed by atoms with Crippen LogP contribution in [0.2, 0.25) is 0 Å². The fraction of sp³-hybridized carbons (Fsp3) is 0.429. The van der Waals surface area contributed by atoms with E-state index in [9.17, 15) is 0 Å². The number of hydrogen-bond donors (Lipinski definition) is 2. The predicted octanol–water partition coefficient (Wildman–Crippen LogP) is 2.34. The highest BCUT2D eigenvalue weighted by molar-refractivity contribution is 5.37. The van der Waals surface area contributed by atoms with Crippen molar-refractivity contribution in [1.82, 2.24) is 20.2 Å². The summed E-state index contributed by atoms with van der Waals surface area (Å²) in [5.41, 5.74) is 0.959. The number of rotatable bonds is 7. The van der Waals surface area contributed by atoms with Crippen LogP contribution in [-0.2, 0) is 6.54 Å². The molecule has 2 N–H and O–H groups in total. The van der Waals surface area contributed by atoms with Crippen LogP contribution in [0, 0.1) is 5.92 Å². The van der Waals surface area contributed by atoms with Crippen LogP contribution in [0.5, 0.6) is 0 Å². The number of nitrogens with one attached hydrogen (secondary N) is 2. The fourth-order valence-electron chi connectivity index (χ4n) is 1.62. The molecule has 0 amide bonds. The zero-order valence-corrected chi connectivity index (χ0v) is 11.9. The van der Waals surface area contributed by atoms with Gasteiger partial charge in [0.15, 0.2) is 5.82 Å². The van der Waals surface area contributed by atoms with Gasteiger partial charge in [0.2, 0.25) is 5.95 Å². The molecule has 0 unspecified atom stereocenters. The molecule has 2 aromatic heterocycles. The molecule has 0 fully saturated rings. The van der Waals surface area contributed by atoms with E-state index in [-0.39, 0.29) is 0 Å². The quantitative estimate of drug-likeness (QED) is 0.805. The van der Waals surface area contributed by atoms with Gasteiger partial charge in [0.25, 0.3) is 0 Å². The molecule has 106 valence electrons. The minimum atomic E-state index is 0.552. The number of nitrogens with zero attached hydrogens (tertiary/aromatic N) is 4. The molecule has 0 bridgehead atoms. The minimum Gasteiger partial charge on any atom is -0.363 e. The van der Waals surface area contributed by atoms with Crippen LogP contribution in [0.3, 0.4) is 0 Å². The van der Waals surface area contributed by atoms with Gasteiger partial charge < -0.3 is 10.6 Å². The highest BCUT2D eigenvalue weighted by Crippen LogP contribution is 2.06. The first-order valence-electron chi connectivity index (χ1n) is 6.81. The Labute approximate surface area is 119 Å². The lowest BCUT2D eigenvalue weighted by atomic mass is 10.1. The fourth-order valence-corrected chi connectivity index (χ4v) is 1.62. The largest absolute Gasteiger partial charge is 0.363 e. The van der Waals surface area contributed by atoms with E-state index in [0.717, 1.165) is 18.7 Å². The predicted molar refractivity (Wildman–Crippen MR) is 79.3 cm³/mol. The first-order valence-corrected chi connectivity index (χ1v) is 6.81. The Morgan fingerprint density at radius 2 is 2.10 bits per heavy atom. The van der Waals surface area contributed by atoms with E-state index in [4.69, 9.17) is 0 Å². The molecule has 0 saturated carbocycles. The first kappa shape index (κ1) is 14.2. The van der Waals surface area contributed by atoms with Crippen molar-refractivity contribution < 1.29 is 0 Å². The summed E-state index contributed by atoms with van der Waals surface area (Å²) in [5.74, 6) is 1.90. The van der Waals surface area contributed by atoms with Crippen molar-refractivity contribution >= 4 is 11.8 Å². The first-order chi connectivity index (χ1) is 9.74. The molecule has 20 heavy (non-hydrogen) atoms. The van der Waals surface area contributed by atoms with Gasteiger partial charge in [-0.3, -0.25) is 4.98 Å². The zero-order valence-electron chi connectivity index (χ0n) is 11.9. The average Bonchev–Trinajstić information content (AvgIpc) is 2.46. The molecule has 2 rings (SSSR count). The minimum absolute atomic E-state index is 0.552. The van der Waals surface area contributed by atoms with E-state index in [1.165, 1.54) is 0 Å². The van der Waals surface area contributed by atoms with E-state index < -0.39 is 0 Å². The summed E-state index contributed by atoms with van der Waals surface area (Å²) in [5, 5.41) is 14.3.